The number of carbonyl (C=O) groups excluding carboxylic acids is 1. The molecule has 0 saturated heterocycles. The second kappa shape index (κ2) is 7.74. The standard InChI is InChI=1S/C17H19ClN2O3/c1-11-8-15(21)16(22)9-13(11)6-7-19-17(23)20-10-12-2-4-14(18)5-3-12/h2-5,8-9,21-22H,6-7,10H2,1H3,(H2,19,20,23). The lowest BCUT2D eigenvalue weighted by Crippen LogP contribution is -2.36. The van der Waals surface area contributed by atoms with Gasteiger partial charge in [0.05, 0.1) is 0 Å². The Balaban J connectivity index is 1.76. The molecule has 2 aromatic rings. The highest BCUT2D eigenvalue weighted by Gasteiger charge is 2.06. The fraction of sp³-hybridized carbons (Fsp3) is 0.235. The summed E-state index contributed by atoms with van der Waals surface area (Å²) in [5.41, 5.74) is 2.70. The minimum atomic E-state index is -0.263. The molecule has 0 atom stereocenters. The van der Waals surface area contributed by atoms with Crippen LogP contribution < -0.4 is 10.6 Å². The third-order valence-electron chi connectivity index (χ3n) is 3.48. The molecule has 122 valence electrons. The third kappa shape index (κ3) is 5.07. The maximum atomic E-state index is 11.7. The molecule has 0 aliphatic rings. The first-order valence-electron chi connectivity index (χ1n) is 7.23. The van der Waals surface area contributed by atoms with E-state index in [9.17, 15) is 15.0 Å². The molecule has 4 N–H and O–H groups in total. The van der Waals surface area contributed by atoms with E-state index < -0.39 is 0 Å². The van der Waals surface area contributed by atoms with Crippen LogP contribution in [0.3, 0.4) is 0 Å². The van der Waals surface area contributed by atoms with Crippen LogP contribution in [0.15, 0.2) is 36.4 Å². The number of hydrogen-bond donors (Lipinski definition) is 4. The van der Waals surface area contributed by atoms with Crippen LogP contribution in [-0.2, 0) is 13.0 Å². The highest BCUT2D eigenvalue weighted by Crippen LogP contribution is 2.27. The summed E-state index contributed by atoms with van der Waals surface area (Å²) >= 11 is 5.80. The molecule has 0 heterocycles. The summed E-state index contributed by atoms with van der Waals surface area (Å²) in [4.78, 5) is 11.7. The van der Waals surface area contributed by atoms with Crippen molar-refractivity contribution in [3.63, 3.8) is 0 Å². The molecule has 0 aliphatic heterocycles. The summed E-state index contributed by atoms with van der Waals surface area (Å²) in [6, 6.07) is 10.0. The van der Waals surface area contributed by atoms with E-state index in [1.807, 2.05) is 19.1 Å². The number of urea groups is 1. The van der Waals surface area contributed by atoms with E-state index in [0.29, 0.717) is 24.5 Å². The molecule has 0 unspecified atom stereocenters. The Labute approximate surface area is 139 Å². The summed E-state index contributed by atoms with van der Waals surface area (Å²) in [5.74, 6) is -0.294. The van der Waals surface area contributed by atoms with Crippen molar-refractivity contribution < 1.29 is 15.0 Å². The summed E-state index contributed by atoms with van der Waals surface area (Å²) in [6.45, 7) is 2.69. The van der Waals surface area contributed by atoms with Gasteiger partial charge >= 0.3 is 6.03 Å². The Morgan fingerprint density at radius 2 is 1.74 bits per heavy atom. The van der Waals surface area contributed by atoms with E-state index in [2.05, 4.69) is 10.6 Å². The van der Waals surface area contributed by atoms with Gasteiger partial charge in [-0.1, -0.05) is 23.7 Å². The quantitative estimate of drug-likeness (QED) is 0.634. The monoisotopic (exact) mass is 334 g/mol. The Bertz CT molecular complexity index is 687. The van der Waals surface area contributed by atoms with Crippen molar-refractivity contribution in [3.8, 4) is 11.5 Å². The Morgan fingerprint density at radius 1 is 1.09 bits per heavy atom. The van der Waals surface area contributed by atoms with Crippen molar-refractivity contribution in [2.24, 2.45) is 0 Å². The topological polar surface area (TPSA) is 81.6 Å². The number of aryl methyl sites for hydroxylation is 1. The van der Waals surface area contributed by atoms with Gasteiger partial charge in [-0.05, 0) is 54.3 Å². The number of phenolic OH excluding ortho intramolecular Hbond substituents is 2. The van der Waals surface area contributed by atoms with E-state index in [1.165, 1.54) is 12.1 Å². The SMILES string of the molecule is Cc1cc(O)c(O)cc1CCNC(=O)NCc1ccc(Cl)cc1. The van der Waals surface area contributed by atoms with Gasteiger partial charge in [-0.2, -0.15) is 0 Å². The largest absolute Gasteiger partial charge is 0.504 e. The van der Waals surface area contributed by atoms with Gasteiger partial charge in [0.2, 0.25) is 0 Å². The van der Waals surface area contributed by atoms with Crippen molar-refractivity contribution in [1.29, 1.82) is 0 Å². The normalized spacial score (nSPS) is 10.3. The molecular weight excluding hydrogens is 316 g/mol. The number of phenols is 2. The minimum Gasteiger partial charge on any atom is -0.504 e. The fourth-order valence-electron chi connectivity index (χ4n) is 2.15. The average molecular weight is 335 g/mol. The van der Waals surface area contributed by atoms with Crippen LogP contribution in [-0.4, -0.2) is 22.8 Å². The van der Waals surface area contributed by atoms with Gasteiger partial charge in [0.15, 0.2) is 11.5 Å². The maximum absolute atomic E-state index is 11.7. The van der Waals surface area contributed by atoms with Gasteiger partial charge in [-0.3, -0.25) is 0 Å². The number of aromatic hydroxyl groups is 2. The number of rotatable bonds is 5. The van der Waals surface area contributed by atoms with E-state index in [4.69, 9.17) is 11.6 Å². The molecule has 2 aromatic carbocycles. The van der Waals surface area contributed by atoms with Crippen LogP contribution >= 0.6 is 11.6 Å². The summed E-state index contributed by atoms with van der Waals surface area (Å²) in [5, 5.41) is 25.1. The lowest BCUT2D eigenvalue weighted by molar-refractivity contribution is 0.240. The van der Waals surface area contributed by atoms with Gasteiger partial charge < -0.3 is 20.8 Å². The van der Waals surface area contributed by atoms with Crippen LogP contribution in [0, 0.1) is 6.92 Å². The Kier molecular flexibility index (Phi) is 5.71. The third-order valence-corrected chi connectivity index (χ3v) is 3.73. The first-order chi connectivity index (χ1) is 11.0. The number of hydrogen-bond acceptors (Lipinski definition) is 3. The molecule has 0 bridgehead atoms. The number of amides is 2. The van der Waals surface area contributed by atoms with Gasteiger partial charge in [0.25, 0.3) is 0 Å². The van der Waals surface area contributed by atoms with Crippen LogP contribution in [0.25, 0.3) is 0 Å². The number of benzene rings is 2. The van der Waals surface area contributed by atoms with Crippen molar-refractivity contribution >= 4 is 17.6 Å². The molecule has 0 saturated carbocycles. The zero-order chi connectivity index (χ0) is 16.8. The molecule has 0 aliphatic carbocycles. The number of nitrogens with one attached hydrogen (secondary N) is 2. The van der Waals surface area contributed by atoms with Gasteiger partial charge in [-0.25, -0.2) is 4.79 Å². The molecule has 6 heteroatoms. The molecule has 0 radical (unpaired) electrons. The highest BCUT2D eigenvalue weighted by molar-refractivity contribution is 6.30. The molecule has 2 rings (SSSR count). The molecule has 0 aromatic heterocycles. The van der Waals surface area contributed by atoms with E-state index in [-0.39, 0.29) is 17.5 Å². The lowest BCUT2D eigenvalue weighted by Gasteiger charge is -2.10. The average Bonchev–Trinajstić information content (AvgIpc) is 2.52. The summed E-state index contributed by atoms with van der Waals surface area (Å²) < 4.78 is 0. The summed E-state index contributed by atoms with van der Waals surface area (Å²) in [7, 11) is 0. The Morgan fingerprint density at radius 3 is 2.43 bits per heavy atom. The lowest BCUT2D eigenvalue weighted by atomic mass is 10.0. The van der Waals surface area contributed by atoms with Gasteiger partial charge in [-0.15, -0.1) is 0 Å². The zero-order valence-corrected chi connectivity index (χ0v) is 13.5. The van der Waals surface area contributed by atoms with Gasteiger partial charge in [0, 0.05) is 18.1 Å². The minimum absolute atomic E-state index is 0.139. The van der Waals surface area contributed by atoms with Crippen molar-refractivity contribution in [1.82, 2.24) is 10.6 Å². The number of carbonyl (C=O) groups is 1. The molecule has 2 amide bonds. The first kappa shape index (κ1) is 17.0. The zero-order valence-electron chi connectivity index (χ0n) is 12.8. The van der Waals surface area contributed by atoms with E-state index in [0.717, 1.165) is 16.7 Å². The van der Waals surface area contributed by atoms with Crippen LogP contribution in [0.2, 0.25) is 5.02 Å². The predicted molar refractivity (Wildman–Crippen MR) is 89.9 cm³/mol. The number of halogens is 1. The smallest absolute Gasteiger partial charge is 0.315 e. The van der Waals surface area contributed by atoms with Crippen molar-refractivity contribution in [2.45, 2.75) is 19.9 Å². The van der Waals surface area contributed by atoms with Crippen molar-refractivity contribution in [3.05, 3.63) is 58.1 Å². The molecule has 5 nitrogen and oxygen atoms in total. The highest BCUT2D eigenvalue weighted by atomic mass is 35.5. The second-order valence-electron chi connectivity index (χ2n) is 5.25. The van der Waals surface area contributed by atoms with Crippen LogP contribution in [0.1, 0.15) is 16.7 Å². The molecule has 0 spiro atoms. The fourth-order valence-corrected chi connectivity index (χ4v) is 2.28. The van der Waals surface area contributed by atoms with Crippen LogP contribution in [0.4, 0.5) is 4.79 Å². The van der Waals surface area contributed by atoms with Crippen LogP contribution in [0.5, 0.6) is 11.5 Å². The van der Waals surface area contributed by atoms with Gasteiger partial charge in [0.1, 0.15) is 0 Å². The Hall–Kier alpha value is -2.40. The van der Waals surface area contributed by atoms with E-state index in [1.54, 1.807) is 12.1 Å². The second-order valence-corrected chi connectivity index (χ2v) is 5.69. The predicted octanol–water partition coefficient (Wildman–Crippen LogP) is 3.10. The molecule has 0 fully saturated rings. The van der Waals surface area contributed by atoms with E-state index >= 15 is 0 Å². The molecule has 23 heavy (non-hydrogen) atoms. The summed E-state index contributed by atoms with van der Waals surface area (Å²) in [6.07, 6.45) is 0.564. The first-order valence-corrected chi connectivity index (χ1v) is 7.61. The maximum Gasteiger partial charge on any atom is 0.315 e. The van der Waals surface area contributed by atoms with Crippen molar-refractivity contribution in [2.75, 3.05) is 6.54 Å². The molecular formula is C17H19ClN2O3.